The molecule has 93 heavy (non-hydrogen) atoms. The Morgan fingerprint density at radius 3 is 0.946 bits per heavy atom. The van der Waals surface area contributed by atoms with E-state index in [4.69, 9.17) is 0 Å². The summed E-state index contributed by atoms with van der Waals surface area (Å²) in [7, 11) is -2.02. The van der Waals surface area contributed by atoms with E-state index >= 15 is 87.8 Å². The van der Waals surface area contributed by atoms with E-state index in [9.17, 15) is 52.7 Å². The van der Waals surface area contributed by atoms with E-state index in [0.29, 0.717) is 24.8 Å². The third kappa shape index (κ3) is 11.0. The van der Waals surface area contributed by atoms with E-state index in [1.165, 1.54) is 0 Å². The monoisotopic (exact) mass is 1400 g/mol. The Balaban J connectivity index is 0.000000294. The number of hydrogen-bond donors (Lipinski definition) is 0. The van der Waals surface area contributed by atoms with Crippen LogP contribution in [0.5, 0.6) is 0 Å². The van der Waals surface area contributed by atoms with Crippen molar-refractivity contribution in [2.24, 2.45) is 5.92 Å². The molecule has 0 radical (unpaired) electrons. The Hall–Kier alpha value is -6.69. The Morgan fingerprint density at radius 1 is 0.366 bits per heavy atom. The fourth-order valence-corrected chi connectivity index (χ4v) is 16.6. The third-order valence-electron chi connectivity index (χ3n) is 17.2. The molecule has 4 aliphatic carbocycles. The van der Waals surface area contributed by atoms with Gasteiger partial charge in [0.1, 0.15) is 34.2 Å². The lowest BCUT2D eigenvalue weighted by molar-refractivity contribution is -0.291. The third-order valence-corrected chi connectivity index (χ3v) is 20.5. The van der Waals surface area contributed by atoms with E-state index in [2.05, 4.69) is 6.92 Å². The van der Waals surface area contributed by atoms with E-state index in [1.54, 1.807) is 0 Å². The highest BCUT2D eigenvalue weighted by Crippen LogP contribution is 2.72. The van der Waals surface area contributed by atoms with Crippen LogP contribution < -0.4 is 5.30 Å². The molecule has 0 fully saturated rings. The molecule has 6 atom stereocenters. The summed E-state index contributed by atoms with van der Waals surface area (Å²) in [4.78, 5) is 0. The molecule has 34 heteroatoms. The van der Waals surface area contributed by atoms with Crippen LogP contribution in [0.2, 0.25) is 0 Å². The van der Waals surface area contributed by atoms with Gasteiger partial charge in [0.15, 0.2) is 134 Å². The molecule has 0 aromatic heterocycles. The summed E-state index contributed by atoms with van der Waals surface area (Å²) in [6.07, 6.45) is -3.92. The van der Waals surface area contributed by atoms with Crippen LogP contribution in [0.25, 0.3) is 23.3 Å². The fourth-order valence-electron chi connectivity index (χ4n) is 13.4. The summed E-state index contributed by atoms with van der Waals surface area (Å²) in [5.74, 6) is -108. The van der Waals surface area contributed by atoms with Crippen molar-refractivity contribution in [3.8, 4) is 0 Å². The fraction of sp³-hybridized carbons (Fsp3) is 0.356. The van der Waals surface area contributed by atoms with Gasteiger partial charge in [-0.05, 0) is 47.4 Å². The highest BCUT2D eigenvalue weighted by atomic mass is 31.1. The highest BCUT2D eigenvalue weighted by molar-refractivity contribution is 7.65. The standard InChI is InChI=1S/C36H4BF24.C23H33F8P/c38-13-1-5(21(46)33(58)29(13)54)17(42)25(50)9(1)37(10-2-6(18(43)26(10)51)22(47)34(59)30(55)14(2)39,11-3-7(19(44)27(11)52)23(48)35(60)31(56)15(3)40)12-4-8(20(45)28(12)53)24(49)36(61)32(57)16(4)41;1-4-6-7-8-9-10-11-13-32(15-16(3)12-5-2)18-14-17(24)20(25)19(21(18)26)22(27,28)23(29,30)31/h9-12H;14,16H,4-13,15H2,1-3H3/q-1;/p+1. The first-order valence-electron chi connectivity index (χ1n) is 27.5. The van der Waals surface area contributed by atoms with Crippen LogP contribution in [0.4, 0.5) is 140 Å². The molecular weight excluding hydrogens is 1360 g/mol. The second-order valence-corrected chi connectivity index (χ2v) is 25.1. The molecule has 0 N–H and O–H groups in total. The van der Waals surface area contributed by atoms with Crippen molar-refractivity contribution in [2.45, 2.75) is 114 Å². The molecule has 5 aromatic carbocycles. The number of hydrogen-bond acceptors (Lipinski definition) is 0. The van der Waals surface area contributed by atoms with Crippen molar-refractivity contribution >= 4 is 42.7 Å². The molecule has 4 aliphatic rings. The normalized spacial score (nSPS) is 19.2. The van der Waals surface area contributed by atoms with Crippen molar-refractivity contribution in [1.82, 2.24) is 0 Å². The zero-order valence-corrected chi connectivity index (χ0v) is 47.9. The largest absolute Gasteiger partial charge is 0.458 e. The average Bonchev–Trinajstić information content (AvgIpc) is 1.50. The number of allylic oxidation sites excluding steroid dienone is 4. The van der Waals surface area contributed by atoms with Crippen LogP contribution in [0, 0.1) is 116 Å². The summed E-state index contributed by atoms with van der Waals surface area (Å²) in [6, 6.07) is 0.495. The first kappa shape index (κ1) is 72.1. The quantitative estimate of drug-likeness (QED) is 0.0205. The van der Waals surface area contributed by atoms with E-state index in [1.807, 2.05) is 13.8 Å². The molecule has 506 valence electrons. The van der Waals surface area contributed by atoms with Crippen LogP contribution in [-0.4, -0.2) is 24.6 Å². The number of unbranched alkanes of at least 4 members (excludes halogenated alkanes) is 6. The smallest absolute Gasteiger partial charge is 0.212 e. The summed E-state index contributed by atoms with van der Waals surface area (Å²) in [5, 5.41) is -0.498. The van der Waals surface area contributed by atoms with E-state index < -0.39 is 262 Å². The number of benzene rings is 5. The van der Waals surface area contributed by atoms with Crippen molar-refractivity contribution in [3.63, 3.8) is 0 Å². The maximum Gasteiger partial charge on any atom is 0.458 e. The van der Waals surface area contributed by atoms with Crippen molar-refractivity contribution in [3.05, 3.63) is 190 Å². The van der Waals surface area contributed by atoms with Gasteiger partial charge in [-0.1, -0.05) is 82.6 Å². The summed E-state index contributed by atoms with van der Waals surface area (Å²) in [6.45, 7) is 5.93. The summed E-state index contributed by atoms with van der Waals surface area (Å²) >= 11 is 0. The second-order valence-electron chi connectivity index (χ2n) is 22.4. The summed E-state index contributed by atoms with van der Waals surface area (Å²) < 4.78 is 486. The molecule has 0 bridgehead atoms. The van der Waals surface area contributed by atoms with Crippen molar-refractivity contribution < 1.29 is 140 Å². The van der Waals surface area contributed by atoms with Gasteiger partial charge < -0.3 is 0 Å². The Kier molecular flexibility index (Phi) is 20.3. The first-order chi connectivity index (χ1) is 43.2. The lowest BCUT2D eigenvalue weighted by atomic mass is 9.02. The number of alkyl halides is 5. The lowest BCUT2D eigenvalue weighted by Gasteiger charge is -2.57. The zero-order valence-electron chi connectivity index (χ0n) is 46.9. The predicted octanol–water partition coefficient (Wildman–Crippen LogP) is 22.2. The molecule has 5 aromatic rings. The molecule has 6 unspecified atom stereocenters. The lowest BCUT2D eigenvalue weighted by Crippen LogP contribution is -2.59. The minimum Gasteiger partial charge on any atom is -0.212 e. The number of halogens is 32. The van der Waals surface area contributed by atoms with Gasteiger partial charge in [-0.2, -0.15) is 22.0 Å². The Morgan fingerprint density at radius 2 is 0.656 bits per heavy atom. The number of rotatable bonds is 18. The van der Waals surface area contributed by atoms with Gasteiger partial charge in [0.05, 0.1) is 40.7 Å². The molecule has 0 spiro atoms. The van der Waals surface area contributed by atoms with E-state index in [0.717, 1.165) is 51.4 Å². The first-order valence-corrected chi connectivity index (χ1v) is 29.4. The topological polar surface area (TPSA) is 0 Å². The molecule has 9 rings (SSSR count). The van der Waals surface area contributed by atoms with Crippen LogP contribution >= 0.6 is 7.92 Å². The molecular formula is C59H38BF32P. The van der Waals surface area contributed by atoms with Gasteiger partial charge >= 0.3 is 12.1 Å². The van der Waals surface area contributed by atoms with E-state index in [-0.39, 0.29) is 5.92 Å². The van der Waals surface area contributed by atoms with Gasteiger partial charge in [-0.25, -0.2) is 119 Å². The molecule has 0 amide bonds. The zero-order chi connectivity index (χ0) is 69.8. The predicted molar refractivity (Wildman–Crippen MR) is 274 cm³/mol. The molecule has 0 aliphatic heterocycles. The van der Waals surface area contributed by atoms with Gasteiger partial charge in [-0.15, -0.1) is 0 Å². The molecule has 0 heterocycles. The van der Waals surface area contributed by atoms with Crippen LogP contribution in [0.1, 0.15) is 152 Å². The highest BCUT2D eigenvalue weighted by Gasteiger charge is 2.68. The van der Waals surface area contributed by atoms with Crippen LogP contribution in [-0.2, 0) is 5.92 Å². The molecule has 0 saturated carbocycles. The second kappa shape index (κ2) is 26.1. The van der Waals surface area contributed by atoms with Gasteiger partial charge in [-0.3, -0.25) is 0 Å². The Bertz CT molecular complexity index is 3650. The SMILES string of the molecule is CCCCCCCCC[PH+](CC(C)CCC)c1cc(F)c(F)c(C(F)(F)C(F)(F)F)c1F.FC1=C(F)C([B-](C2C(F)=C(F)c3c(F)c(F)c(F)c(F)c32)(C2C(F)=C(F)c3c(F)c(F)c(F)c(F)c32)C2C(F)=C(F)c3c(F)c(F)c(F)c(F)c32)c2c(F)c(F)c(F)c(F)c21. The maximum atomic E-state index is 17.0. The van der Waals surface area contributed by atoms with Gasteiger partial charge in [0.2, 0.25) is 0 Å². The Labute approximate surface area is 504 Å². The van der Waals surface area contributed by atoms with Gasteiger partial charge in [0, 0.05) is 14.0 Å². The minimum atomic E-state index is -6.83. The maximum absolute atomic E-state index is 17.0. The summed E-state index contributed by atoms with van der Waals surface area (Å²) in [5.41, 5.74) is -24.5. The van der Waals surface area contributed by atoms with Crippen LogP contribution in [0.15, 0.2) is 29.4 Å². The molecule has 0 saturated heterocycles. The average molecular weight is 1400 g/mol. The molecule has 0 nitrogen and oxygen atoms in total. The van der Waals surface area contributed by atoms with Crippen molar-refractivity contribution in [1.29, 1.82) is 0 Å². The number of fused-ring (bicyclic) bond motifs is 4. The van der Waals surface area contributed by atoms with Crippen molar-refractivity contribution in [2.75, 3.05) is 12.3 Å². The van der Waals surface area contributed by atoms with Crippen LogP contribution in [0.3, 0.4) is 0 Å². The van der Waals surface area contributed by atoms with Gasteiger partial charge in [0.25, 0.3) is 0 Å². The minimum absolute atomic E-state index is 0.0672.